The predicted octanol–water partition coefficient (Wildman–Crippen LogP) is 2.20. The first-order chi connectivity index (χ1) is 10.7. The first-order valence-corrected chi connectivity index (χ1v) is 8.13. The van der Waals surface area contributed by atoms with Gasteiger partial charge >= 0.3 is 0 Å². The second kappa shape index (κ2) is 3.99. The number of piperidine rings is 1. The van der Waals surface area contributed by atoms with Gasteiger partial charge in [0.05, 0.1) is 7.11 Å². The highest BCUT2D eigenvalue weighted by Gasteiger charge is 2.64. The van der Waals surface area contributed by atoms with Crippen LogP contribution in [0.3, 0.4) is 0 Å². The van der Waals surface area contributed by atoms with Crippen LogP contribution in [0, 0.1) is 5.92 Å². The van der Waals surface area contributed by atoms with Crippen molar-refractivity contribution in [3.8, 4) is 11.5 Å². The molecule has 0 saturated carbocycles. The van der Waals surface area contributed by atoms with Crippen LogP contribution in [0.1, 0.15) is 24.0 Å². The maximum absolute atomic E-state index is 10.3. The molecule has 0 aromatic heterocycles. The Morgan fingerprint density at radius 2 is 2.27 bits per heavy atom. The fraction of sp³-hybridized carbons (Fsp3) is 0.556. The zero-order valence-electron chi connectivity index (χ0n) is 13.0. The monoisotopic (exact) mass is 299 g/mol. The van der Waals surface area contributed by atoms with Crippen molar-refractivity contribution in [3.63, 3.8) is 0 Å². The highest BCUT2D eigenvalue weighted by atomic mass is 16.5. The van der Waals surface area contributed by atoms with Crippen molar-refractivity contribution in [3.05, 3.63) is 35.1 Å². The van der Waals surface area contributed by atoms with Gasteiger partial charge in [-0.3, -0.25) is 0 Å². The Kier molecular flexibility index (Phi) is 2.32. The van der Waals surface area contributed by atoms with Gasteiger partial charge in [-0.2, -0.15) is 0 Å². The molecule has 4 nitrogen and oxygen atoms in total. The number of hydrogen-bond acceptors (Lipinski definition) is 4. The van der Waals surface area contributed by atoms with Gasteiger partial charge in [-0.05, 0) is 56.5 Å². The average molecular weight is 299 g/mol. The summed E-state index contributed by atoms with van der Waals surface area (Å²) >= 11 is 0. The molecule has 1 saturated heterocycles. The van der Waals surface area contributed by atoms with E-state index in [1.54, 1.807) is 13.2 Å². The first-order valence-electron chi connectivity index (χ1n) is 8.13. The van der Waals surface area contributed by atoms with Gasteiger partial charge in [0.25, 0.3) is 0 Å². The Morgan fingerprint density at radius 1 is 1.41 bits per heavy atom. The van der Waals surface area contributed by atoms with Gasteiger partial charge < -0.3 is 19.5 Å². The number of benzene rings is 1. The zero-order chi connectivity index (χ0) is 15.1. The fourth-order valence-corrected chi connectivity index (χ4v) is 5.51. The molecule has 1 aromatic carbocycles. The number of phenols is 1. The van der Waals surface area contributed by atoms with Gasteiger partial charge in [0.1, 0.15) is 5.76 Å². The summed E-state index contributed by atoms with van der Waals surface area (Å²) in [4.78, 5) is 2.51. The number of rotatable bonds is 1. The summed E-state index contributed by atoms with van der Waals surface area (Å²) in [5, 5.41) is 10.3. The molecule has 116 valence electrons. The maximum Gasteiger partial charge on any atom is 0.166 e. The largest absolute Gasteiger partial charge is 0.504 e. The third-order valence-electron chi connectivity index (χ3n) is 6.46. The van der Waals surface area contributed by atoms with Crippen LogP contribution in [0.25, 0.3) is 0 Å². The lowest BCUT2D eigenvalue weighted by atomic mass is 9.53. The van der Waals surface area contributed by atoms with E-state index in [9.17, 15) is 5.11 Å². The van der Waals surface area contributed by atoms with E-state index in [1.807, 2.05) is 0 Å². The summed E-state index contributed by atoms with van der Waals surface area (Å²) in [6, 6.07) is 4.43. The summed E-state index contributed by atoms with van der Waals surface area (Å²) in [7, 11) is 3.97. The standard InChI is InChI=1S/C18H21NO3/c1-19-8-7-18-11-4-6-14(21-2)17(18)22-16-13(20)5-3-10(15(16)18)9-12(11)19/h3,5-6,11-12,17,20H,4,7-9H2,1-2H3. The second-order valence-corrected chi connectivity index (χ2v) is 7.14. The molecule has 1 fully saturated rings. The predicted molar refractivity (Wildman–Crippen MR) is 82.1 cm³/mol. The van der Waals surface area contributed by atoms with Gasteiger partial charge in [-0.1, -0.05) is 6.07 Å². The highest BCUT2D eigenvalue weighted by Crippen LogP contribution is 2.63. The summed E-state index contributed by atoms with van der Waals surface area (Å²) < 4.78 is 11.9. The van der Waals surface area contributed by atoms with E-state index >= 15 is 0 Å². The van der Waals surface area contributed by atoms with Crippen LogP contribution in [0.15, 0.2) is 24.0 Å². The van der Waals surface area contributed by atoms with E-state index in [-0.39, 0.29) is 17.3 Å². The number of likely N-dealkylation sites (N-methyl/N-ethyl adjacent to an activating group) is 1. The highest BCUT2D eigenvalue weighted by molar-refractivity contribution is 5.61. The van der Waals surface area contributed by atoms with Crippen LogP contribution in [0.2, 0.25) is 0 Å². The fourth-order valence-electron chi connectivity index (χ4n) is 5.51. The van der Waals surface area contributed by atoms with E-state index in [0.29, 0.717) is 17.7 Å². The van der Waals surface area contributed by atoms with Crippen LogP contribution in [-0.4, -0.2) is 42.9 Å². The molecule has 2 aliphatic heterocycles. The van der Waals surface area contributed by atoms with Crippen molar-refractivity contribution in [1.82, 2.24) is 4.90 Å². The molecular formula is C18H21NO3. The molecule has 4 aliphatic rings. The topological polar surface area (TPSA) is 41.9 Å². The van der Waals surface area contributed by atoms with E-state index < -0.39 is 0 Å². The molecule has 22 heavy (non-hydrogen) atoms. The molecule has 1 N–H and O–H groups in total. The Hall–Kier alpha value is -1.68. The smallest absolute Gasteiger partial charge is 0.166 e. The van der Waals surface area contributed by atoms with Crippen molar-refractivity contribution in [2.75, 3.05) is 20.7 Å². The minimum absolute atomic E-state index is 0.0150. The second-order valence-electron chi connectivity index (χ2n) is 7.14. The first kappa shape index (κ1) is 12.8. The lowest BCUT2D eigenvalue weighted by Gasteiger charge is -2.56. The Morgan fingerprint density at radius 3 is 3.09 bits per heavy atom. The molecule has 4 atom stereocenters. The molecule has 4 unspecified atom stereocenters. The van der Waals surface area contributed by atoms with Crippen LogP contribution in [0.4, 0.5) is 0 Å². The van der Waals surface area contributed by atoms with Crippen LogP contribution in [-0.2, 0) is 16.6 Å². The average Bonchev–Trinajstić information content (AvgIpc) is 2.88. The van der Waals surface area contributed by atoms with Gasteiger partial charge in [0, 0.05) is 17.0 Å². The van der Waals surface area contributed by atoms with Gasteiger partial charge in [-0.25, -0.2) is 0 Å². The molecule has 2 heterocycles. The van der Waals surface area contributed by atoms with Gasteiger partial charge in [0.15, 0.2) is 17.6 Å². The minimum Gasteiger partial charge on any atom is -0.504 e. The number of phenolic OH excluding ortho intramolecular Hbond substituents is 1. The van der Waals surface area contributed by atoms with Crippen LogP contribution in [0.5, 0.6) is 11.5 Å². The molecule has 2 aliphatic carbocycles. The summed E-state index contributed by atoms with van der Waals surface area (Å²) in [6.07, 6.45) is 5.28. The van der Waals surface area contributed by atoms with E-state index in [0.717, 1.165) is 31.6 Å². The van der Waals surface area contributed by atoms with E-state index in [1.165, 1.54) is 11.1 Å². The number of aromatic hydroxyl groups is 1. The van der Waals surface area contributed by atoms with Crippen molar-refractivity contribution >= 4 is 0 Å². The van der Waals surface area contributed by atoms with Gasteiger partial charge in [0.2, 0.25) is 0 Å². The molecule has 1 aromatic rings. The molecule has 5 rings (SSSR count). The van der Waals surface area contributed by atoms with Crippen molar-refractivity contribution in [2.24, 2.45) is 5.92 Å². The molecule has 4 heteroatoms. The van der Waals surface area contributed by atoms with Crippen molar-refractivity contribution in [2.45, 2.75) is 36.8 Å². The minimum atomic E-state index is -0.0743. The Bertz CT molecular complexity index is 698. The number of hydrogen-bond donors (Lipinski definition) is 1. The lowest BCUT2D eigenvalue weighted by molar-refractivity contribution is -0.0267. The third-order valence-corrected chi connectivity index (χ3v) is 6.46. The Balaban J connectivity index is 1.82. The van der Waals surface area contributed by atoms with E-state index in [2.05, 4.69) is 24.1 Å². The lowest BCUT2D eigenvalue weighted by Crippen LogP contribution is -2.63. The van der Waals surface area contributed by atoms with Gasteiger partial charge in [-0.15, -0.1) is 0 Å². The number of methoxy groups -OCH3 is 1. The molecule has 1 spiro atoms. The summed E-state index contributed by atoms with van der Waals surface area (Å²) in [5.41, 5.74) is 2.61. The quantitative estimate of drug-likeness (QED) is 0.863. The van der Waals surface area contributed by atoms with Crippen LogP contribution >= 0.6 is 0 Å². The number of allylic oxidation sites excluding steroid dienone is 1. The number of ether oxygens (including phenoxy) is 2. The maximum atomic E-state index is 10.3. The third kappa shape index (κ3) is 1.25. The van der Waals surface area contributed by atoms with Crippen molar-refractivity contribution in [1.29, 1.82) is 0 Å². The molecular weight excluding hydrogens is 278 g/mol. The van der Waals surface area contributed by atoms with E-state index in [4.69, 9.17) is 9.47 Å². The zero-order valence-corrected chi connectivity index (χ0v) is 13.0. The number of nitrogens with zero attached hydrogens (tertiary/aromatic N) is 1. The summed E-state index contributed by atoms with van der Waals surface area (Å²) in [6.45, 7) is 1.08. The van der Waals surface area contributed by atoms with Crippen molar-refractivity contribution < 1.29 is 14.6 Å². The normalized spacial score (nSPS) is 38.1. The molecule has 0 amide bonds. The molecule has 2 bridgehead atoms. The number of likely N-dealkylation sites (tertiary alicyclic amines) is 1. The summed E-state index contributed by atoms with van der Waals surface area (Å²) in [5.74, 6) is 2.46. The van der Waals surface area contributed by atoms with Crippen LogP contribution < -0.4 is 4.74 Å². The molecule has 0 radical (unpaired) electrons. The Labute approximate surface area is 130 Å². The SMILES string of the molecule is COC1=CCC2C3Cc4ccc(O)c5c4C2(CCN3C)C1O5.